The van der Waals surface area contributed by atoms with Crippen LogP contribution < -0.4 is 0 Å². The molecule has 0 aromatic rings. The van der Waals surface area contributed by atoms with Crippen LogP contribution in [0.3, 0.4) is 0 Å². The van der Waals surface area contributed by atoms with E-state index in [9.17, 15) is 4.79 Å². The van der Waals surface area contributed by atoms with E-state index in [1.807, 2.05) is 19.9 Å². The topological polar surface area (TPSA) is 65.0 Å². The van der Waals surface area contributed by atoms with Gasteiger partial charge in [-0.2, -0.15) is 0 Å². The fraction of sp³-hybridized carbons (Fsp3) is 0.632. The Hall–Kier alpha value is -1.43. The fourth-order valence-electron chi connectivity index (χ4n) is 2.69. The van der Waals surface area contributed by atoms with Crippen LogP contribution in [0.4, 0.5) is 0 Å². The number of carbonyl (C=O) groups is 1. The second-order valence-corrected chi connectivity index (χ2v) is 6.27. The fourth-order valence-corrected chi connectivity index (χ4v) is 2.69. The Bertz CT molecular complexity index is 478. The highest BCUT2D eigenvalue weighted by atomic mass is 16.5. The van der Waals surface area contributed by atoms with Gasteiger partial charge in [0.15, 0.2) is 0 Å². The third kappa shape index (κ3) is 7.90. The molecule has 0 amide bonds. The van der Waals surface area contributed by atoms with Crippen LogP contribution >= 0.6 is 0 Å². The minimum Gasteiger partial charge on any atom is -0.480 e. The predicted octanol–water partition coefficient (Wildman–Crippen LogP) is 3.37. The van der Waals surface area contributed by atoms with Crippen LogP contribution in [0.5, 0.6) is 0 Å². The predicted molar refractivity (Wildman–Crippen MR) is 94.0 cm³/mol. The lowest BCUT2D eigenvalue weighted by Crippen LogP contribution is -2.36. The van der Waals surface area contributed by atoms with E-state index >= 15 is 0 Å². The average Bonchev–Trinajstić information content (AvgIpc) is 2.52. The van der Waals surface area contributed by atoms with Gasteiger partial charge in [-0.25, -0.2) is 4.79 Å². The Balaban J connectivity index is 2.98. The Labute approximate surface area is 145 Å². The largest absolute Gasteiger partial charge is 0.480 e. The molecule has 0 radical (unpaired) electrons. The molecule has 1 aliphatic rings. The van der Waals surface area contributed by atoms with Crippen LogP contribution in [0.25, 0.3) is 0 Å². The number of hydrogen-bond donors (Lipinski definition) is 1. The molecule has 0 fully saturated rings. The Morgan fingerprint density at radius 1 is 1.38 bits per heavy atom. The second kappa shape index (κ2) is 11.2. The van der Waals surface area contributed by atoms with E-state index < -0.39 is 5.97 Å². The van der Waals surface area contributed by atoms with E-state index in [-0.39, 0.29) is 24.7 Å². The van der Waals surface area contributed by atoms with Gasteiger partial charge in [0.05, 0.1) is 19.3 Å². The summed E-state index contributed by atoms with van der Waals surface area (Å²) in [5.41, 5.74) is 2.38. The molecule has 24 heavy (non-hydrogen) atoms. The monoisotopic (exact) mass is 338 g/mol. The molecule has 3 atom stereocenters. The molecule has 0 spiro atoms. The average molecular weight is 338 g/mol. The third-order valence-corrected chi connectivity index (χ3v) is 3.97. The Morgan fingerprint density at radius 2 is 2.12 bits per heavy atom. The van der Waals surface area contributed by atoms with Gasteiger partial charge in [-0.05, 0) is 26.7 Å². The van der Waals surface area contributed by atoms with E-state index in [0.717, 1.165) is 18.4 Å². The number of carboxylic acids is 1. The normalized spacial score (nSPS) is 32.8. The molecule has 0 bridgehead atoms. The van der Waals surface area contributed by atoms with Gasteiger partial charge in [0.25, 0.3) is 0 Å². The highest BCUT2D eigenvalue weighted by Gasteiger charge is 2.26. The van der Waals surface area contributed by atoms with Crippen molar-refractivity contribution in [2.45, 2.75) is 45.8 Å². The number of methoxy groups -OCH3 is 1. The maximum absolute atomic E-state index is 10.9. The summed E-state index contributed by atoms with van der Waals surface area (Å²) in [7, 11) is 1.62. The number of carboxylic acid groups (broad SMARTS) is 1. The third-order valence-electron chi connectivity index (χ3n) is 3.97. The number of ether oxygens (including phenoxy) is 3. The summed E-state index contributed by atoms with van der Waals surface area (Å²) in [5.74, 6) is -0.979. The summed E-state index contributed by atoms with van der Waals surface area (Å²) < 4.78 is 16.8. The maximum atomic E-state index is 10.9. The molecule has 0 aromatic carbocycles. The van der Waals surface area contributed by atoms with E-state index in [1.54, 1.807) is 7.11 Å². The first kappa shape index (κ1) is 20.6. The number of rotatable bonds is 4. The van der Waals surface area contributed by atoms with Crippen LogP contribution in [0.1, 0.15) is 33.6 Å². The summed E-state index contributed by atoms with van der Waals surface area (Å²) in [4.78, 5) is 10.9. The second-order valence-electron chi connectivity index (χ2n) is 6.27. The molecule has 0 unspecified atom stereocenters. The smallest absolute Gasteiger partial charge is 0.329 e. The molecule has 5 heteroatoms. The van der Waals surface area contributed by atoms with Gasteiger partial charge in [0, 0.05) is 13.0 Å². The van der Waals surface area contributed by atoms with Gasteiger partial charge in [-0.3, -0.25) is 0 Å². The van der Waals surface area contributed by atoms with Crippen LogP contribution in [-0.4, -0.2) is 50.2 Å². The minimum absolute atomic E-state index is 0.00256. The molecule has 1 heterocycles. The van der Waals surface area contributed by atoms with Crippen molar-refractivity contribution in [1.29, 1.82) is 0 Å². The van der Waals surface area contributed by atoms with Gasteiger partial charge in [-0.1, -0.05) is 42.4 Å². The molecule has 1 rings (SSSR count). The highest BCUT2D eigenvalue weighted by Crippen LogP contribution is 2.19. The summed E-state index contributed by atoms with van der Waals surface area (Å²) in [6, 6.07) is 0. The van der Waals surface area contributed by atoms with Gasteiger partial charge < -0.3 is 19.3 Å². The maximum Gasteiger partial charge on any atom is 0.329 e. The standard InChI is InChI=1S/C19H30O5/c1-14-7-5-6-8-17(22-4)19(24-13-18(20)21)16(3)11-15(2)12-23-10-9-14/h6,8-9,11,16-17,19H,5,7,10,12-13H2,1-4H3,(H,20,21)/b8-6+,14-9+,15-11-/t16-,17+,19+/m1/s1. The van der Waals surface area contributed by atoms with Gasteiger partial charge in [-0.15, -0.1) is 0 Å². The van der Waals surface area contributed by atoms with Gasteiger partial charge in [0.2, 0.25) is 0 Å². The van der Waals surface area contributed by atoms with Crippen molar-refractivity contribution < 1.29 is 24.1 Å². The molecule has 1 N–H and O–H groups in total. The molecule has 0 aliphatic carbocycles. The summed E-state index contributed by atoms with van der Waals surface area (Å²) >= 11 is 0. The Morgan fingerprint density at radius 3 is 2.79 bits per heavy atom. The van der Waals surface area contributed by atoms with Crippen molar-refractivity contribution in [1.82, 2.24) is 0 Å². The summed E-state index contributed by atoms with van der Waals surface area (Å²) in [6.07, 6.45) is 9.42. The number of aliphatic carboxylic acids is 1. The molecule has 0 saturated heterocycles. The van der Waals surface area contributed by atoms with Crippen molar-refractivity contribution in [2.75, 3.05) is 26.9 Å². The van der Waals surface area contributed by atoms with Crippen molar-refractivity contribution in [3.63, 3.8) is 0 Å². The summed E-state index contributed by atoms with van der Waals surface area (Å²) in [6.45, 7) is 6.92. The van der Waals surface area contributed by atoms with Crippen LogP contribution in [0.2, 0.25) is 0 Å². The number of allylic oxidation sites excluding steroid dienone is 2. The minimum atomic E-state index is -0.981. The zero-order valence-electron chi connectivity index (χ0n) is 15.2. The first-order valence-electron chi connectivity index (χ1n) is 8.37. The van der Waals surface area contributed by atoms with E-state index in [2.05, 4.69) is 25.2 Å². The van der Waals surface area contributed by atoms with Crippen molar-refractivity contribution in [2.24, 2.45) is 5.92 Å². The molecule has 1 aliphatic heterocycles. The lowest BCUT2D eigenvalue weighted by atomic mass is 9.96. The quantitative estimate of drug-likeness (QED) is 0.796. The number of hydrogen-bond acceptors (Lipinski definition) is 4. The lowest BCUT2D eigenvalue weighted by molar-refractivity contribution is -0.148. The SMILES string of the molecule is CO[C@H]1/C=C/CC/C(C)=C/COC/C(C)=C\[C@@H](C)[C@@H]1OCC(=O)O. The van der Waals surface area contributed by atoms with Crippen LogP contribution in [0, 0.1) is 5.92 Å². The van der Waals surface area contributed by atoms with E-state index in [0.29, 0.717) is 13.2 Å². The molecular formula is C19H30O5. The highest BCUT2D eigenvalue weighted by molar-refractivity contribution is 5.68. The molecule has 0 saturated carbocycles. The molecule has 0 aromatic heterocycles. The Kier molecular flexibility index (Phi) is 9.60. The molecular weight excluding hydrogens is 308 g/mol. The first-order valence-corrected chi connectivity index (χ1v) is 8.37. The zero-order chi connectivity index (χ0) is 17.9. The van der Waals surface area contributed by atoms with Crippen molar-refractivity contribution >= 4 is 5.97 Å². The van der Waals surface area contributed by atoms with Crippen LogP contribution in [-0.2, 0) is 19.0 Å². The van der Waals surface area contributed by atoms with Crippen LogP contribution in [0.15, 0.2) is 35.5 Å². The van der Waals surface area contributed by atoms with Gasteiger partial charge >= 0.3 is 5.97 Å². The lowest BCUT2D eigenvalue weighted by Gasteiger charge is -2.28. The van der Waals surface area contributed by atoms with E-state index in [1.165, 1.54) is 5.57 Å². The van der Waals surface area contributed by atoms with Gasteiger partial charge in [0.1, 0.15) is 12.7 Å². The van der Waals surface area contributed by atoms with Crippen molar-refractivity contribution in [3.8, 4) is 0 Å². The molecule has 5 nitrogen and oxygen atoms in total. The van der Waals surface area contributed by atoms with Crippen molar-refractivity contribution in [3.05, 3.63) is 35.5 Å². The first-order chi connectivity index (χ1) is 11.4. The summed E-state index contributed by atoms with van der Waals surface area (Å²) in [5, 5.41) is 8.92. The van der Waals surface area contributed by atoms with E-state index in [4.69, 9.17) is 19.3 Å². The molecule has 136 valence electrons. The zero-order valence-corrected chi connectivity index (χ0v) is 15.2.